The highest BCUT2D eigenvalue weighted by Gasteiger charge is 2.13. The largest absolute Gasteiger partial charge is 0.464 e. The molecular formula is C17H23N3O2. The molecule has 0 spiro atoms. The Morgan fingerprint density at radius 3 is 2.77 bits per heavy atom. The van der Waals surface area contributed by atoms with E-state index in [4.69, 9.17) is 4.74 Å². The molecule has 1 aromatic carbocycles. The summed E-state index contributed by atoms with van der Waals surface area (Å²) < 4.78 is 6.98. The fraction of sp³-hybridized carbons (Fsp3) is 0.412. The molecule has 2 rings (SSSR count). The van der Waals surface area contributed by atoms with Crippen LogP contribution in [-0.4, -0.2) is 28.4 Å². The normalized spacial score (nSPS) is 12.0. The molecule has 0 bridgehead atoms. The van der Waals surface area contributed by atoms with Crippen LogP contribution < -0.4 is 5.32 Å². The number of hydrogen-bond acceptors (Lipinski definition) is 4. The summed E-state index contributed by atoms with van der Waals surface area (Å²) in [5.41, 5.74) is 4.19. The molecule has 1 aromatic heterocycles. The van der Waals surface area contributed by atoms with Gasteiger partial charge in [0.15, 0.2) is 0 Å². The van der Waals surface area contributed by atoms with Gasteiger partial charge in [0.25, 0.3) is 0 Å². The summed E-state index contributed by atoms with van der Waals surface area (Å²) in [5, 5.41) is 7.64. The van der Waals surface area contributed by atoms with Gasteiger partial charge in [-0.25, -0.2) is 4.79 Å². The molecular weight excluding hydrogens is 278 g/mol. The van der Waals surface area contributed by atoms with Crippen LogP contribution in [-0.2, 0) is 16.1 Å². The van der Waals surface area contributed by atoms with Gasteiger partial charge in [-0.3, -0.25) is 4.68 Å². The van der Waals surface area contributed by atoms with Gasteiger partial charge in [-0.15, -0.1) is 0 Å². The first kappa shape index (κ1) is 16.1. The van der Waals surface area contributed by atoms with Crippen molar-refractivity contribution < 1.29 is 9.53 Å². The van der Waals surface area contributed by atoms with E-state index in [0.717, 1.165) is 22.6 Å². The second kappa shape index (κ2) is 7.11. The lowest BCUT2D eigenvalue weighted by molar-refractivity contribution is -0.143. The number of rotatable bonds is 6. The maximum absolute atomic E-state index is 11.7. The molecule has 1 N–H and O–H groups in total. The van der Waals surface area contributed by atoms with E-state index in [2.05, 4.69) is 22.5 Å². The molecule has 0 saturated carbocycles. The van der Waals surface area contributed by atoms with Crippen molar-refractivity contribution in [3.63, 3.8) is 0 Å². The van der Waals surface area contributed by atoms with Crippen LogP contribution in [0.25, 0.3) is 0 Å². The highest BCUT2D eigenvalue weighted by molar-refractivity contribution is 5.78. The number of nitrogens with one attached hydrogen (secondary N) is 1. The Bertz CT molecular complexity index is 649. The summed E-state index contributed by atoms with van der Waals surface area (Å²) in [6.07, 6.45) is 0. The molecule has 2 aromatic rings. The molecule has 118 valence electrons. The Hall–Kier alpha value is -2.30. The molecule has 22 heavy (non-hydrogen) atoms. The molecule has 5 nitrogen and oxygen atoms in total. The summed E-state index contributed by atoms with van der Waals surface area (Å²) in [4.78, 5) is 11.7. The zero-order valence-corrected chi connectivity index (χ0v) is 13.6. The van der Waals surface area contributed by atoms with Gasteiger partial charge >= 0.3 is 5.97 Å². The lowest BCUT2D eigenvalue weighted by Gasteiger charge is -2.15. The van der Waals surface area contributed by atoms with Gasteiger partial charge in [0.1, 0.15) is 6.04 Å². The Labute approximate surface area is 131 Å². The molecule has 0 fully saturated rings. The first-order chi connectivity index (χ1) is 10.5. The Kier molecular flexibility index (Phi) is 5.20. The molecule has 0 radical (unpaired) electrons. The Morgan fingerprint density at radius 1 is 1.36 bits per heavy atom. The van der Waals surface area contributed by atoms with E-state index in [-0.39, 0.29) is 12.0 Å². The SMILES string of the molecule is CCOC(=O)C(C)Nc1cccc(Cn2nc(C)cc2C)c1. The molecule has 1 atom stereocenters. The van der Waals surface area contributed by atoms with Gasteiger partial charge in [-0.2, -0.15) is 5.10 Å². The van der Waals surface area contributed by atoms with Crippen LogP contribution >= 0.6 is 0 Å². The van der Waals surface area contributed by atoms with Crippen molar-refractivity contribution in [1.29, 1.82) is 0 Å². The number of ether oxygens (including phenoxy) is 1. The number of anilines is 1. The molecule has 1 heterocycles. The quantitative estimate of drug-likeness (QED) is 0.834. The van der Waals surface area contributed by atoms with Crippen molar-refractivity contribution in [1.82, 2.24) is 9.78 Å². The third-order valence-electron chi connectivity index (χ3n) is 3.39. The predicted molar refractivity (Wildman–Crippen MR) is 87.0 cm³/mol. The summed E-state index contributed by atoms with van der Waals surface area (Å²) >= 11 is 0. The highest BCUT2D eigenvalue weighted by atomic mass is 16.5. The molecule has 0 aliphatic carbocycles. The average Bonchev–Trinajstić information content (AvgIpc) is 2.77. The minimum Gasteiger partial charge on any atom is -0.464 e. The topological polar surface area (TPSA) is 56.1 Å². The second-order valence-electron chi connectivity index (χ2n) is 5.40. The predicted octanol–water partition coefficient (Wildman–Crippen LogP) is 2.91. The number of carbonyl (C=O) groups is 1. The van der Waals surface area contributed by atoms with Crippen molar-refractivity contribution in [2.75, 3.05) is 11.9 Å². The maximum atomic E-state index is 11.7. The van der Waals surface area contributed by atoms with Crippen LogP contribution in [0, 0.1) is 13.8 Å². The number of benzene rings is 1. The molecule has 5 heteroatoms. The lowest BCUT2D eigenvalue weighted by Crippen LogP contribution is -2.28. The third kappa shape index (κ3) is 4.10. The van der Waals surface area contributed by atoms with E-state index < -0.39 is 0 Å². The zero-order valence-electron chi connectivity index (χ0n) is 13.6. The van der Waals surface area contributed by atoms with Gasteiger partial charge in [0.2, 0.25) is 0 Å². The summed E-state index contributed by atoms with van der Waals surface area (Å²) in [7, 11) is 0. The number of nitrogens with zero attached hydrogens (tertiary/aromatic N) is 2. The van der Waals surface area contributed by atoms with Crippen LogP contribution in [0.5, 0.6) is 0 Å². The van der Waals surface area contributed by atoms with Crippen molar-refractivity contribution in [2.24, 2.45) is 0 Å². The van der Waals surface area contributed by atoms with E-state index in [0.29, 0.717) is 13.2 Å². The number of aryl methyl sites for hydroxylation is 2. The van der Waals surface area contributed by atoms with Crippen LogP contribution in [0.2, 0.25) is 0 Å². The Balaban J connectivity index is 2.06. The first-order valence-corrected chi connectivity index (χ1v) is 7.52. The van der Waals surface area contributed by atoms with Gasteiger partial charge in [0, 0.05) is 11.4 Å². The Morgan fingerprint density at radius 2 is 2.14 bits per heavy atom. The number of hydrogen-bond donors (Lipinski definition) is 1. The molecule has 0 saturated heterocycles. The van der Waals surface area contributed by atoms with Crippen LogP contribution in [0.4, 0.5) is 5.69 Å². The van der Waals surface area contributed by atoms with Gasteiger partial charge in [0.05, 0.1) is 18.8 Å². The van der Waals surface area contributed by atoms with Crippen molar-refractivity contribution in [3.05, 3.63) is 47.3 Å². The van der Waals surface area contributed by atoms with Crippen LogP contribution in [0.1, 0.15) is 30.8 Å². The van der Waals surface area contributed by atoms with E-state index in [1.807, 2.05) is 36.7 Å². The van der Waals surface area contributed by atoms with Crippen molar-refractivity contribution >= 4 is 11.7 Å². The molecule has 0 aliphatic heterocycles. The van der Waals surface area contributed by atoms with E-state index in [9.17, 15) is 4.79 Å². The molecule has 0 aliphatic rings. The van der Waals surface area contributed by atoms with E-state index in [1.54, 1.807) is 13.8 Å². The lowest BCUT2D eigenvalue weighted by atomic mass is 10.2. The van der Waals surface area contributed by atoms with Crippen LogP contribution in [0.15, 0.2) is 30.3 Å². The minimum atomic E-state index is -0.371. The summed E-state index contributed by atoms with van der Waals surface area (Å²) in [5.74, 6) is -0.244. The second-order valence-corrected chi connectivity index (χ2v) is 5.40. The molecule has 0 amide bonds. The first-order valence-electron chi connectivity index (χ1n) is 7.52. The number of aromatic nitrogens is 2. The van der Waals surface area contributed by atoms with E-state index in [1.165, 1.54) is 0 Å². The van der Waals surface area contributed by atoms with Crippen molar-refractivity contribution in [2.45, 2.75) is 40.3 Å². The summed E-state index contributed by atoms with van der Waals surface area (Å²) in [6, 6.07) is 9.69. The zero-order chi connectivity index (χ0) is 16.1. The smallest absolute Gasteiger partial charge is 0.328 e. The van der Waals surface area contributed by atoms with Crippen molar-refractivity contribution in [3.8, 4) is 0 Å². The van der Waals surface area contributed by atoms with E-state index >= 15 is 0 Å². The van der Waals surface area contributed by atoms with Gasteiger partial charge < -0.3 is 10.1 Å². The average molecular weight is 301 g/mol. The van der Waals surface area contributed by atoms with Crippen LogP contribution in [0.3, 0.4) is 0 Å². The standard InChI is InChI=1S/C17H23N3O2/c1-5-22-17(21)14(4)18-16-8-6-7-15(10-16)11-20-13(3)9-12(2)19-20/h6-10,14,18H,5,11H2,1-4H3. The fourth-order valence-electron chi connectivity index (χ4n) is 2.34. The summed E-state index contributed by atoms with van der Waals surface area (Å²) in [6.45, 7) is 8.74. The highest BCUT2D eigenvalue weighted by Crippen LogP contribution is 2.14. The monoisotopic (exact) mass is 301 g/mol. The number of esters is 1. The number of carbonyl (C=O) groups excluding carboxylic acids is 1. The minimum absolute atomic E-state index is 0.244. The van der Waals surface area contributed by atoms with Gasteiger partial charge in [-0.1, -0.05) is 12.1 Å². The third-order valence-corrected chi connectivity index (χ3v) is 3.39. The maximum Gasteiger partial charge on any atom is 0.328 e. The van der Waals surface area contributed by atoms with Gasteiger partial charge in [-0.05, 0) is 51.5 Å². The fourth-order valence-corrected chi connectivity index (χ4v) is 2.34. The molecule has 1 unspecified atom stereocenters.